The molecule has 0 N–H and O–H groups in total. The Hall–Kier alpha value is 0. The molecule has 2 aliphatic carbocycles. The summed E-state index contributed by atoms with van der Waals surface area (Å²) in [4.78, 5) is 0. The molecular formula is C14H26. The van der Waals surface area contributed by atoms with E-state index in [2.05, 4.69) is 34.6 Å². The molecule has 0 nitrogen and oxygen atoms in total. The van der Waals surface area contributed by atoms with Crippen molar-refractivity contribution in [2.45, 2.75) is 60.3 Å². The summed E-state index contributed by atoms with van der Waals surface area (Å²) in [6.45, 7) is 12.3. The number of hydrogen-bond donors (Lipinski definition) is 0. The van der Waals surface area contributed by atoms with Gasteiger partial charge in [0.25, 0.3) is 0 Å². The first kappa shape index (κ1) is 10.5. The van der Waals surface area contributed by atoms with Gasteiger partial charge in [0.05, 0.1) is 0 Å². The average molecular weight is 194 g/mol. The third-order valence-electron chi connectivity index (χ3n) is 5.56. The van der Waals surface area contributed by atoms with Crippen molar-refractivity contribution in [1.82, 2.24) is 0 Å². The van der Waals surface area contributed by atoms with Crippen LogP contribution in [0.5, 0.6) is 0 Å². The van der Waals surface area contributed by atoms with E-state index in [1.54, 1.807) is 0 Å². The average Bonchev–Trinajstić information content (AvgIpc) is 2.57. The van der Waals surface area contributed by atoms with Crippen molar-refractivity contribution >= 4 is 0 Å². The summed E-state index contributed by atoms with van der Waals surface area (Å²) in [6.07, 6.45) is 5.93. The van der Waals surface area contributed by atoms with Gasteiger partial charge in [-0.25, -0.2) is 0 Å². The molecule has 14 heavy (non-hydrogen) atoms. The van der Waals surface area contributed by atoms with Crippen molar-refractivity contribution in [3.63, 3.8) is 0 Å². The Balaban J connectivity index is 1.94. The monoisotopic (exact) mass is 194 g/mol. The Bertz CT molecular complexity index is 224. The van der Waals surface area contributed by atoms with Crippen LogP contribution >= 0.6 is 0 Å². The Morgan fingerprint density at radius 2 is 1.57 bits per heavy atom. The quantitative estimate of drug-likeness (QED) is 0.607. The van der Waals surface area contributed by atoms with Crippen molar-refractivity contribution in [3.05, 3.63) is 0 Å². The molecule has 0 heteroatoms. The largest absolute Gasteiger partial charge is 0.0620 e. The molecule has 2 saturated carbocycles. The summed E-state index contributed by atoms with van der Waals surface area (Å²) in [6, 6.07) is 0. The van der Waals surface area contributed by atoms with Crippen LogP contribution in [0, 0.1) is 28.6 Å². The Kier molecular flexibility index (Phi) is 2.25. The third-order valence-corrected chi connectivity index (χ3v) is 5.56. The van der Waals surface area contributed by atoms with E-state index in [0.29, 0.717) is 10.8 Å². The Morgan fingerprint density at radius 1 is 1.00 bits per heavy atom. The fraction of sp³-hybridized carbons (Fsp3) is 1.00. The van der Waals surface area contributed by atoms with Gasteiger partial charge in [0.1, 0.15) is 0 Å². The summed E-state index contributed by atoms with van der Waals surface area (Å²) in [5.41, 5.74) is 1.29. The summed E-state index contributed by atoms with van der Waals surface area (Å²) < 4.78 is 0. The maximum Gasteiger partial charge on any atom is -0.0300 e. The van der Waals surface area contributed by atoms with Crippen LogP contribution in [0.25, 0.3) is 0 Å². The molecule has 1 unspecified atom stereocenters. The van der Waals surface area contributed by atoms with Crippen molar-refractivity contribution in [2.24, 2.45) is 28.6 Å². The van der Waals surface area contributed by atoms with E-state index in [1.165, 1.54) is 25.7 Å². The molecule has 0 radical (unpaired) electrons. The van der Waals surface area contributed by atoms with E-state index in [4.69, 9.17) is 0 Å². The van der Waals surface area contributed by atoms with Crippen LogP contribution in [0.3, 0.4) is 0 Å². The van der Waals surface area contributed by atoms with Crippen LogP contribution in [0.2, 0.25) is 0 Å². The first-order chi connectivity index (χ1) is 6.34. The van der Waals surface area contributed by atoms with Gasteiger partial charge in [-0.1, -0.05) is 34.6 Å². The zero-order valence-electron chi connectivity index (χ0n) is 10.6. The van der Waals surface area contributed by atoms with Crippen molar-refractivity contribution in [1.29, 1.82) is 0 Å². The van der Waals surface area contributed by atoms with E-state index < -0.39 is 0 Å². The van der Waals surface area contributed by atoms with Crippen LogP contribution in [0.15, 0.2) is 0 Å². The summed E-state index contributed by atoms with van der Waals surface area (Å²) >= 11 is 0. The molecule has 82 valence electrons. The van der Waals surface area contributed by atoms with E-state index in [-0.39, 0.29) is 0 Å². The maximum atomic E-state index is 2.49. The highest BCUT2D eigenvalue weighted by molar-refractivity contribution is 4.99. The van der Waals surface area contributed by atoms with Crippen LogP contribution in [-0.4, -0.2) is 0 Å². The van der Waals surface area contributed by atoms with Crippen LogP contribution < -0.4 is 0 Å². The Morgan fingerprint density at radius 3 is 1.93 bits per heavy atom. The summed E-state index contributed by atoms with van der Waals surface area (Å²) in [5.74, 6) is 2.98. The van der Waals surface area contributed by atoms with Gasteiger partial charge in [0.2, 0.25) is 0 Å². The lowest BCUT2D eigenvalue weighted by atomic mass is 9.74. The summed E-state index contributed by atoms with van der Waals surface area (Å²) in [5, 5.41) is 0. The zero-order valence-corrected chi connectivity index (χ0v) is 10.6. The van der Waals surface area contributed by atoms with E-state index >= 15 is 0 Å². The fourth-order valence-electron chi connectivity index (χ4n) is 3.34. The first-order valence-corrected chi connectivity index (χ1v) is 6.34. The topological polar surface area (TPSA) is 0 Å². The molecule has 0 amide bonds. The second-order valence-electron chi connectivity index (χ2n) is 7.12. The van der Waals surface area contributed by atoms with Crippen molar-refractivity contribution in [3.8, 4) is 0 Å². The summed E-state index contributed by atoms with van der Waals surface area (Å²) in [7, 11) is 0. The third kappa shape index (κ3) is 1.61. The van der Waals surface area contributed by atoms with Gasteiger partial charge in [-0.15, -0.1) is 0 Å². The fourth-order valence-corrected chi connectivity index (χ4v) is 3.34. The van der Waals surface area contributed by atoms with Gasteiger partial charge >= 0.3 is 0 Å². The molecule has 0 saturated heterocycles. The highest BCUT2D eigenvalue weighted by atomic mass is 14.5. The zero-order chi connectivity index (χ0) is 10.6. The molecule has 3 atom stereocenters. The minimum absolute atomic E-state index is 0.610. The highest BCUT2D eigenvalue weighted by Gasteiger charge is 2.50. The predicted molar refractivity (Wildman–Crippen MR) is 62.2 cm³/mol. The molecule has 0 heterocycles. The first-order valence-electron chi connectivity index (χ1n) is 6.34. The Labute approximate surface area is 89.5 Å². The molecule has 0 spiro atoms. The molecule has 0 aliphatic heterocycles. The smallest absolute Gasteiger partial charge is 0.0300 e. The van der Waals surface area contributed by atoms with Crippen LogP contribution in [0.4, 0.5) is 0 Å². The minimum Gasteiger partial charge on any atom is -0.0620 e. The van der Waals surface area contributed by atoms with Gasteiger partial charge in [0, 0.05) is 0 Å². The van der Waals surface area contributed by atoms with E-state index in [0.717, 1.165) is 17.8 Å². The van der Waals surface area contributed by atoms with Crippen molar-refractivity contribution in [2.75, 3.05) is 0 Å². The van der Waals surface area contributed by atoms with E-state index in [9.17, 15) is 0 Å². The van der Waals surface area contributed by atoms with Gasteiger partial charge in [-0.05, 0) is 54.3 Å². The number of hydrogen-bond acceptors (Lipinski definition) is 0. The van der Waals surface area contributed by atoms with Gasteiger partial charge < -0.3 is 0 Å². The second-order valence-corrected chi connectivity index (χ2v) is 7.12. The molecule has 0 aromatic rings. The molecule has 0 aromatic carbocycles. The van der Waals surface area contributed by atoms with Gasteiger partial charge in [0.15, 0.2) is 0 Å². The molecule has 0 bridgehead atoms. The van der Waals surface area contributed by atoms with Crippen LogP contribution in [-0.2, 0) is 0 Å². The van der Waals surface area contributed by atoms with Crippen LogP contribution in [0.1, 0.15) is 60.3 Å². The molecule has 2 aliphatic rings. The lowest BCUT2D eigenvalue weighted by molar-refractivity contribution is 0.178. The predicted octanol–water partition coefficient (Wildman–Crippen LogP) is 4.49. The lowest BCUT2D eigenvalue weighted by Crippen LogP contribution is -2.24. The molecule has 0 aromatic heterocycles. The SMILES string of the molecule is C[C@@H]1CC[C@H](CC2CC2(C)C)C1(C)C. The maximum absolute atomic E-state index is 2.49. The van der Waals surface area contributed by atoms with E-state index in [1.807, 2.05) is 0 Å². The van der Waals surface area contributed by atoms with Gasteiger partial charge in [-0.2, -0.15) is 0 Å². The molecule has 2 rings (SSSR count). The molecule has 2 fully saturated rings. The molecular weight excluding hydrogens is 168 g/mol. The number of rotatable bonds is 2. The van der Waals surface area contributed by atoms with Gasteiger partial charge in [-0.3, -0.25) is 0 Å². The van der Waals surface area contributed by atoms with Crippen molar-refractivity contribution < 1.29 is 0 Å². The minimum atomic E-state index is 0.610. The standard InChI is InChI=1S/C14H26/c1-10-6-7-11(14(10,4)5)8-12-9-13(12,2)3/h10-12H,6-9H2,1-5H3/t10-,11-,12?/m1/s1. The second kappa shape index (κ2) is 3.00. The highest BCUT2D eigenvalue weighted by Crippen LogP contribution is 2.59. The lowest BCUT2D eigenvalue weighted by Gasteiger charge is -2.31. The normalized spacial score (nSPS) is 43.9.